The van der Waals surface area contributed by atoms with Crippen molar-refractivity contribution in [3.05, 3.63) is 71.5 Å². The molecule has 2 aromatic carbocycles. The third kappa shape index (κ3) is 3.05. The molecule has 3 amide bonds. The summed E-state index contributed by atoms with van der Waals surface area (Å²) in [7, 11) is 0. The molecule has 0 spiro atoms. The van der Waals surface area contributed by atoms with E-state index in [2.05, 4.69) is 17.2 Å². The minimum absolute atomic E-state index is 0.147. The predicted octanol–water partition coefficient (Wildman–Crippen LogP) is 5.14. The monoisotopic (exact) mass is 419 g/mol. The highest BCUT2D eigenvalue weighted by Gasteiger charge is 2.47. The van der Waals surface area contributed by atoms with Crippen LogP contribution >= 0.6 is 11.6 Å². The van der Waals surface area contributed by atoms with Crippen molar-refractivity contribution >= 4 is 40.0 Å². The molecule has 1 saturated carbocycles. The van der Waals surface area contributed by atoms with Crippen molar-refractivity contribution in [3.63, 3.8) is 0 Å². The van der Waals surface area contributed by atoms with Gasteiger partial charge >= 0.3 is 6.03 Å². The van der Waals surface area contributed by atoms with Crippen LogP contribution < -0.4 is 10.2 Å². The number of anilines is 1. The molecule has 1 aliphatic carbocycles. The number of aromatic nitrogens is 1. The Morgan fingerprint density at radius 1 is 1.00 bits per heavy atom. The molecule has 4 unspecified atom stereocenters. The minimum atomic E-state index is -0.383. The number of fused-ring (bicyclic) bond motifs is 2. The molecule has 1 saturated heterocycles. The highest BCUT2D eigenvalue weighted by molar-refractivity contribution is 6.31. The van der Waals surface area contributed by atoms with Crippen LogP contribution in [0.25, 0.3) is 10.8 Å². The van der Waals surface area contributed by atoms with E-state index in [-0.39, 0.29) is 35.7 Å². The Bertz CT molecular complexity index is 1140. The molecule has 2 aliphatic rings. The molecule has 1 aromatic heterocycles. The maximum atomic E-state index is 13.5. The molecule has 6 heteroatoms. The van der Waals surface area contributed by atoms with Gasteiger partial charge in [0, 0.05) is 28.0 Å². The Kier molecular flexibility index (Phi) is 4.70. The number of nitrogens with zero attached hydrogens (tertiary/aromatic N) is 2. The van der Waals surface area contributed by atoms with Gasteiger partial charge in [-0.25, -0.2) is 9.69 Å². The third-order valence-electron chi connectivity index (χ3n) is 6.55. The topological polar surface area (TPSA) is 62.3 Å². The van der Waals surface area contributed by atoms with Crippen LogP contribution in [-0.4, -0.2) is 23.0 Å². The van der Waals surface area contributed by atoms with Crippen molar-refractivity contribution in [1.29, 1.82) is 0 Å². The molecule has 2 fully saturated rings. The maximum absolute atomic E-state index is 13.5. The lowest BCUT2D eigenvalue weighted by Crippen LogP contribution is -2.62. The van der Waals surface area contributed by atoms with Gasteiger partial charge in [0.15, 0.2) is 0 Å². The molecule has 152 valence electrons. The van der Waals surface area contributed by atoms with E-state index >= 15 is 0 Å². The van der Waals surface area contributed by atoms with Crippen molar-refractivity contribution < 1.29 is 9.59 Å². The van der Waals surface area contributed by atoms with Gasteiger partial charge in [0.05, 0.1) is 17.8 Å². The van der Waals surface area contributed by atoms with Crippen LogP contribution in [0.2, 0.25) is 5.02 Å². The lowest BCUT2D eigenvalue weighted by Gasteiger charge is -2.45. The van der Waals surface area contributed by atoms with Gasteiger partial charge in [-0.05, 0) is 36.3 Å². The molecule has 5 rings (SSSR count). The molecule has 0 bridgehead atoms. The summed E-state index contributed by atoms with van der Waals surface area (Å²) < 4.78 is 0. The van der Waals surface area contributed by atoms with Crippen LogP contribution in [0.4, 0.5) is 10.5 Å². The fourth-order valence-electron chi connectivity index (χ4n) is 5.04. The van der Waals surface area contributed by atoms with Crippen molar-refractivity contribution in [1.82, 2.24) is 10.3 Å². The summed E-state index contributed by atoms with van der Waals surface area (Å²) in [4.78, 5) is 32.0. The number of hydrogen-bond donors (Lipinski definition) is 1. The van der Waals surface area contributed by atoms with E-state index in [0.717, 1.165) is 21.4 Å². The summed E-state index contributed by atoms with van der Waals surface area (Å²) in [6.45, 7) is 2.16. The van der Waals surface area contributed by atoms with Crippen molar-refractivity contribution in [3.8, 4) is 0 Å². The Morgan fingerprint density at radius 2 is 1.77 bits per heavy atom. The Labute approximate surface area is 180 Å². The first-order valence-corrected chi connectivity index (χ1v) is 10.6. The zero-order valence-corrected chi connectivity index (χ0v) is 17.3. The van der Waals surface area contributed by atoms with Crippen LogP contribution in [0.1, 0.15) is 31.2 Å². The minimum Gasteiger partial charge on any atom is -0.334 e. The van der Waals surface area contributed by atoms with E-state index < -0.39 is 0 Å². The number of benzene rings is 2. The number of nitrogens with one attached hydrogen (secondary N) is 1. The lowest BCUT2D eigenvalue weighted by atomic mass is 9.68. The predicted molar refractivity (Wildman–Crippen MR) is 118 cm³/mol. The Hall–Kier alpha value is -2.92. The molecule has 5 nitrogen and oxygen atoms in total. The SMILES string of the molecule is CC1CC2C(=O)N(c3cncc4ccccc34)C(=O)NC2CC1c1ccccc1Cl. The molecular weight excluding hydrogens is 398 g/mol. The van der Waals surface area contributed by atoms with Gasteiger partial charge in [-0.15, -0.1) is 0 Å². The maximum Gasteiger partial charge on any atom is 0.329 e. The van der Waals surface area contributed by atoms with E-state index in [1.807, 2.05) is 48.5 Å². The number of carbonyl (C=O) groups excluding carboxylic acids is 2. The first-order valence-electron chi connectivity index (χ1n) is 10.3. The van der Waals surface area contributed by atoms with Gasteiger partial charge in [0.25, 0.3) is 0 Å². The number of imide groups is 1. The van der Waals surface area contributed by atoms with Crippen LogP contribution in [0.5, 0.6) is 0 Å². The zero-order valence-electron chi connectivity index (χ0n) is 16.6. The fraction of sp³-hybridized carbons (Fsp3) is 0.292. The van der Waals surface area contributed by atoms with Gasteiger partial charge in [0.1, 0.15) is 0 Å². The fourth-order valence-corrected chi connectivity index (χ4v) is 5.31. The number of urea groups is 1. The summed E-state index contributed by atoms with van der Waals surface area (Å²) in [5.41, 5.74) is 1.63. The van der Waals surface area contributed by atoms with Crippen molar-refractivity contribution in [2.24, 2.45) is 11.8 Å². The number of pyridine rings is 1. The Balaban J connectivity index is 1.47. The molecule has 4 atom stereocenters. The summed E-state index contributed by atoms with van der Waals surface area (Å²) in [5.74, 6) is 0.0817. The van der Waals surface area contributed by atoms with Crippen LogP contribution in [0, 0.1) is 11.8 Å². The van der Waals surface area contributed by atoms with Crippen molar-refractivity contribution in [2.75, 3.05) is 4.90 Å². The molecular formula is C24H22ClN3O2. The second kappa shape index (κ2) is 7.40. The first kappa shape index (κ1) is 19.1. The highest BCUT2D eigenvalue weighted by Crippen LogP contribution is 2.44. The largest absolute Gasteiger partial charge is 0.334 e. The molecule has 2 heterocycles. The average Bonchev–Trinajstić information content (AvgIpc) is 2.75. The first-order chi connectivity index (χ1) is 14.5. The number of amides is 3. The summed E-state index contributed by atoms with van der Waals surface area (Å²) in [6, 6.07) is 14.9. The molecule has 30 heavy (non-hydrogen) atoms. The quantitative estimate of drug-likeness (QED) is 0.625. The molecule has 0 radical (unpaired) electrons. The van der Waals surface area contributed by atoms with E-state index in [1.165, 1.54) is 4.90 Å². The molecule has 1 N–H and O–H groups in total. The number of carbonyl (C=O) groups is 2. The summed E-state index contributed by atoms with van der Waals surface area (Å²) >= 11 is 6.44. The zero-order chi connectivity index (χ0) is 20.8. The van der Waals surface area contributed by atoms with Gasteiger partial charge in [-0.3, -0.25) is 9.78 Å². The van der Waals surface area contributed by atoms with Gasteiger partial charge in [-0.2, -0.15) is 0 Å². The van der Waals surface area contributed by atoms with Crippen LogP contribution in [-0.2, 0) is 4.79 Å². The number of halogens is 1. The Morgan fingerprint density at radius 3 is 2.60 bits per heavy atom. The van der Waals surface area contributed by atoms with Crippen molar-refractivity contribution in [2.45, 2.75) is 31.7 Å². The van der Waals surface area contributed by atoms with Gasteiger partial charge in [0.2, 0.25) is 5.91 Å². The van der Waals surface area contributed by atoms with Crippen LogP contribution in [0.15, 0.2) is 60.9 Å². The van der Waals surface area contributed by atoms with E-state index in [9.17, 15) is 9.59 Å². The smallest absolute Gasteiger partial charge is 0.329 e. The number of rotatable bonds is 2. The second-order valence-corrected chi connectivity index (χ2v) is 8.70. The standard InChI is InChI=1S/C24H22ClN3O2/c1-14-10-19-21(11-18(14)17-8-4-5-9-20(17)25)27-24(30)28(23(19)29)22-13-26-12-15-6-2-3-7-16(15)22/h2-9,12-14,18-19,21H,10-11H2,1H3,(H,27,30). The lowest BCUT2D eigenvalue weighted by molar-refractivity contribution is -0.125. The van der Waals surface area contributed by atoms with E-state index in [0.29, 0.717) is 18.5 Å². The normalized spacial score (nSPS) is 26.4. The summed E-state index contributed by atoms with van der Waals surface area (Å²) in [5, 5.41) is 5.57. The average molecular weight is 420 g/mol. The van der Waals surface area contributed by atoms with Crippen LogP contribution in [0.3, 0.4) is 0 Å². The van der Waals surface area contributed by atoms with E-state index in [1.54, 1.807) is 12.4 Å². The third-order valence-corrected chi connectivity index (χ3v) is 6.89. The molecule has 1 aliphatic heterocycles. The second-order valence-electron chi connectivity index (χ2n) is 8.29. The molecule has 3 aromatic rings. The van der Waals surface area contributed by atoms with Gasteiger partial charge < -0.3 is 5.32 Å². The number of hydrogen-bond acceptors (Lipinski definition) is 3. The highest BCUT2D eigenvalue weighted by atomic mass is 35.5. The van der Waals surface area contributed by atoms with E-state index in [4.69, 9.17) is 11.6 Å². The summed E-state index contributed by atoms with van der Waals surface area (Å²) in [6.07, 6.45) is 4.74. The van der Waals surface area contributed by atoms with Gasteiger partial charge in [-0.1, -0.05) is 61.0 Å².